The number of carbonyl (C=O) groups is 2. The van der Waals surface area contributed by atoms with E-state index in [1.807, 2.05) is 51.1 Å². The minimum Gasteiger partial charge on any atom is -0.481 e. The number of hydrogen-bond acceptors (Lipinski definition) is 2. The second-order valence-corrected chi connectivity index (χ2v) is 6.24. The predicted molar refractivity (Wildman–Crippen MR) is 80.9 cm³/mol. The van der Waals surface area contributed by atoms with Crippen LogP contribution in [0, 0.1) is 17.8 Å². The number of hydrogen-bond donors (Lipinski definition) is 1. The van der Waals surface area contributed by atoms with Gasteiger partial charge in [0.1, 0.15) is 0 Å². The van der Waals surface area contributed by atoms with Crippen molar-refractivity contribution in [3.05, 3.63) is 35.9 Å². The largest absolute Gasteiger partial charge is 0.481 e. The van der Waals surface area contributed by atoms with Crippen molar-refractivity contribution in [2.45, 2.75) is 26.7 Å². The topological polar surface area (TPSA) is 57.6 Å². The minimum absolute atomic E-state index is 0.0645. The zero-order valence-electron chi connectivity index (χ0n) is 12.8. The smallest absolute Gasteiger partial charge is 0.308 e. The SMILES string of the molecule is CC(C)C(C)C(=O)N1C[C@H](C(=O)O)[C@H](c2ccccc2)C1. The summed E-state index contributed by atoms with van der Waals surface area (Å²) in [6, 6.07) is 9.63. The fourth-order valence-corrected chi connectivity index (χ4v) is 2.85. The van der Waals surface area contributed by atoms with Gasteiger partial charge in [0.05, 0.1) is 5.92 Å². The van der Waals surface area contributed by atoms with Gasteiger partial charge in [-0.2, -0.15) is 0 Å². The van der Waals surface area contributed by atoms with Crippen LogP contribution >= 0.6 is 0 Å². The summed E-state index contributed by atoms with van der Waals surface area (Å²) < 4.78 is 0. The highest BCUT2D eigenvalue weighted by Gasteiger charge is 2.41. The van der Waals surface area contributed by atoms with Crippen LogP contribution in [0.3, 0.4) is 0 Å². The molecule has 21 heavy (non-hydrogen) atoms. The van der Waals surface area contributed by atoms with E-state index < -0.39 is 11.9 Å². The molecule has 1 fully saturated rings. The van der Waals surface area contributed by atoms with Gasteiger partial charge in [-0.05, 0) is 11.5 Å². The fraction of sp³-hybridized carbons (Fsp3) is 0.529. The molecule has 1 aliphatic heterocycles. The van der Waals surface area contributed by atoms with Gasteiger partial charge in [0, 0.05) is 24.9 Å². The molecule has 1 unspecified atom stereocenters. The number of benzene rings is 1. The van der Waals surface area contributed by atoms with Crippen LogP contribution < -0.4 is 0 Å². The summed E-state index contributed by atoms with van der Waals surface area (Å²) >= 11 is 0. The Hall–Kier alpha value is -1.84. The van der Waals surface area contributed by atoms with Gasteiger partial charge in [0.25, 0.3) is 0 Å². The summed E-state index contributed by atoms with van der Waals surface area (Å²) in [6.07, 6.45) is 0. The van der Waals surface area contributed by atoms with Gasteiger partial charge < -0.3 is 10.0 Å². The molecule has 1 N–H and O–H groups in total. The molecule has 1 aliphatic rings. The van der Waals surface area contributed by atoms with Crippen molar-refractivity contribution in [2.24, 2.45) is 17.8 Å². The van der Waals surface area contributed by atoms with E-state index in [9.17, 15) is 14.7 Å². The van der Waals surface area contributed by atoms with E-state index in [1.54, 1.807) is 4.90 Å². The maximum absolute atomic E-state index is 12.5. The lowest BCUT2D eigenvalue weighted by Gasteiger charge is -2.23. The highest BCUT2D eigenvalue weighted by atomic mass is 16.4. The first-order valence-electron chi connectivity index (χ1n) is 7.48. The Morgan fingerprint density at radius 1 is 1.14 bits per heavy atom. The molecular formula is C17H23NO3. The highest BCUT2D eigenvalue weighted by molar-refractivity contribution is 5.81. The van der Waals surface area contributed by atoms with E-state index in [0.717, 1.165) is 5.56 Å². The van der Waals surface area contributed by atoms with Crippen molar-refractivity contribution in [1.82, 2.24) is 4.90 Å². The monoisotopic (exact) mass is 289 g/mol. The van der Waals surface area contributed by atoms with Gasteiger partial charge in [0.15, 0.2) is 0 Å². The lowest BCUT2D eigenvalue weighted by atomic mass is 9.89. The van der Waals surface area contributed by atoms with Crippen LogP contribution in [-0.4, -0.2) is 35.0 Å². The molecule has 0 aromatic heterocycles. The predicted octanol–water partition coefficient (Wildman–Crippen LogP) is 2.61. The van der Waals surface area contributed by atoms with Crippen molar-refractivity contribution in [2.75, 3.05) is 13.1 Å². The summed E-state index contributed by atoms with van der Waals surface area (Å²) in [5.41, 5.74) is 0.998. The Balaban J connectivity index is 2.20. The molecule has 1 saturated heterocycles. The molecule has 4 nitrogen and oxygen atoms in total. The number of likely N-dealkylation sites (tertiary alicyclic amines) is 1. The van der Waals surface area contributed by atoms with Crippen molar-refractivity contribution < 1.29 is 14.7 Å². The maximum Gasteiger partial charge on any atom is 0.308 e. The molecule has 0 radical (unpaired) electrons. The average molecular weight is 289 g/mol. The van der Waals surface area contributed by atoms with Crippen LogP contribution in [0.2, 0.25) is 0 Å². The lowest BCUT2D eigenvalue weighted by Crippen LogP contribution is -2.36. The van der Waals surface area contributed by atoms with Crippen molar-refractivity contribution in [3.63, 3.8) is 0 Å². The van der Waals surface area contributed by atoms with Gasteiger partial charge in [-0.15, -0.1) is 0 Å². The number of nitrogens with zero attached hydrogens (tertiary/aromatic N) is 1. The van der Waals surface area contributed by atoms with Gasteiger partial charge in [-0.3, -0.25) is 9.59 Å². The number of rotatable bonds is 4. The molecule has 1 amide bonds. The van der Waals surface area contributed by atoms with Gasteiger partial charge in [0.2, 0.25) is 5.91 Å². The van der Waals surface area contributed by atoms with Crippen LogP contribution in [0.5, 0.6) is 0 Å². The molecule has 0 aliphatic carbocycles. The number of carboxylic acids is 1. The molecular weight excluding hydrogens is 266 g/mol. The van der Waals surface area contributed by atoms with Gasteiger partial charge in [-0.1, -0.05) is 51.1 Å². The zero-order valence-corrected chi connectivity index (χ0v) is 12.8. The van der Waals surface area contributed by atoms with E-state index in [4.69, 9.17) is 0 Å². The van der Waals surface area contributed by atoms with E-state index >= 15 is 0 Å². The highest BCUT2D eigenvalue weighted by Crippen LogP contribution is 2.34. The summed E-state index contributed by atoms with van der Waals surface area (Å²) in [7, 11) is 0. The number of carbonyl (C=O) groups excluding carboxylic acids is 1. The molecule has 0 spiro atoms. The summed E-state index contributed by atoms with van der Waals surface area (Å²) in [5.74, 6) is -1.21. The van der Waals surface area contributed by atoms with E-state index in [2.05, 4.69) is 0 Å². The minimum atomic E-state index is -0.823. The Morgan fingerprint density at radius 3 is 2.29 bits per heavy atom. The third kappa shape index (κ3) is 3.26. The Labute approximate surface area is 125 Å². The lowest BCUT2D eigenvalue weighted by molar-refractivity contribution is -0.142. The fourth-order valence-electron chi connectivity index (χ4n) is 2.85. The van der Waals surface area contributed by atoms with Crippen molar-refractivity contribution in [1.29, 1.82) is 0 Å². The second-order valence-electron chi connectivity index (χ2n) is 6.24. The van der Waals surface area contributed by atoms with E-state index in [-0.39, 0.29) is 23.7 Å². The van der Waals surface area contributed by atoms with Crippen LogP contribution in [0.1, 0.15) is 32.3 Å². The van der Waals surface area contributed by atoms with E-state index in [0.29, 0.717) is 13.1 Å². The summed E-state index contributed by atoms with van der Waals surface area (Å²) in [4.78, 5) is 25.7. The molecule has 0 saturated carbocycles. The van der Waals surface area contributed by atoms with Crippen LogP contribution in [0.4, 0.5) is 0 Å². The molecule has 1 heterocycles. The third-order valence-corrected chi connectivity index (χ3v) is 4.57. The third-order valence-electron chi connectivity index (χ3n) is 4.57. The van der Waals surface area contributed by atoms with Gasteiger partial charge in [-0.25, -0.2) is 0 Å². The Bertz CT molecular complexity index is 512. The number of amides is 1. The molecule has 4 heteroatoms. The summed E-state index contributed by atoms with van der Waals surface area (Å²) in [6.45, 7) is 6.75. The van der Waals surface area contributed by atoms with Crippen LogP contribution in [-0.2, 0) is 9.59 Å². The first-order chi connectivity index (χ1) is 9.91. The Kier molecular flexibility index (Phi) is 4.66. The number of carboxylic acid groups (broad SMARTS) is 1. The standard InChI is InChI=1S/C17H23NO3/c1-11(2)12(3)16(19)18-9-14(15(10-18)17(20)21)13-7-5-4-6-8-13/h4-8,11-12,14-15H,9-10H2,1-3H3,(H,20,21)/t12?,14-,15-/m0/s1. The maximum atomic E-state index is 12.5. The van der Waals surface area contributed by atoms with Crippen molar-refractivity contribution >= 4 is 11.9 Å². The molecule has 1 aromatic rings. The second kappa shape index (κ2) is 6.29. The molecule has 114 valence electrons. The van der Waals surface area contributed by atoms with Crippen LogP contribution in [0.15, 0.2) is 30.3 Å². The first kappa shape index (κ1) is 15.5. The zero-order chi connectivity index (χ0) is 15.6. The summed E-state index contributed by atoms with van der Waals surface area (Å²) in [5, 5.41) is 9.45. The normalized spacial score (nSPS) is 23.3. The van der Waals surface area contributed by atoms with E-state index in [1.165, 1.54) is 0 Å². The molecule has 1 aromatic carbocycles. The van der Waals surface area contributed by atoms with Crippen LogP contribution in [0.25, 0.3) is 0 Å². The quantitative estimate of drug-likeness (QED) is 0.927. The molecule has 2 rings (SSSR count). The molecule has 3 atom stereocenters. The first-order valence-corrected chi connectivity index (χ1v) is 7.48. The average Bonchev–Trinajstić information content (AvgIpc) is 2.91. The van der Waals surface area contributed by atoms with Gasteiger partial charge >= 0.3 is 5.97 Å². The number of aliphatic carboxylic acids is 1. The Morgan fingerprint density at radius 2 is 1.76 bits per heavy atom. The molecule has 0 bridgehead atoms. The van der Waals surface area contributed by atoms with Crippen molar-refractivity contribution in [3.8, 4) is 0 Å².